The molecule has 0 bridgehead atoms. The average Bonchev–Trinajstić information content (AvgIpc) is 2.39. The van der Waals surface area contributed by atoms with Crippen LogP contribution in [0.25, 0.3) is 0 Å². The van der Waals surface area contributed by atoms with E-state index in [0.717, 1.165) is 0 Å². The van der Waals surface area contributed by atoms with Crippen molar-refractivity contribution in [1.29, 1.82) is 0 Å². The van der Waals surface area contributed by atoms with Gasteiger partial charge >= 0.3 is 0 Å². The van der Waals surface area contributed by atoms with Gasteiger partial charge in [0.25, 0.3) is 0 Å². The molecule has 2 N–H and O–H groups in total. The van der Waals surface area contributed by atoms with Crippen LogP contribution in [-0.4, -0.2) is 49.4 Å². The Morgan fingerprint density at radius 2 is 1.84 bits per heavy atom. The van der Waals surface area contributed by atoms with Gasteiger partial charge in [-0.15, -0.1) is 0 Å². The molecule has 19 heavy (non-hydrogen) atoms. The first kappa shape index (κ1) is 16.4. The molecule has 0 radical (unpaired) electrons. The van der Waals surface area contributed by atoms with Gasteiger partial charge in [-0.1, -0.05) is 13.8 Å². The minimum absolute atomic E-state index is 0.00856. The van der Waals surface area contributed by atoms with Gasteiger partial charge in [-0.25, -0.2) is 8.42 Å². The first-order chi connectivity index (χ1) is 8.75. The fourth-order valence-corrected chi connectivity index (χ4v) is 4.26. The minimum Gasteiger partial charge on any atom is -0.337 e. The smallest absolute Gasteiger partial charge is 0.230 e. The molecule has 0 aromatic heterocycles. The van der Waals surface area contributed by atoms with Crippen molar-refractivity contribution in [1.82, 2.24) is 4.90 Å². The first-order valence-electron chi connectivity index (χ1n) is 6.98. The summed E-state index contributed by atoms with van der Waals surface area (Å²) in [5, 5.41) is -0.505. The zero-order valence-electron chi connectivity index (χ0n) is 12.3. The molecule has 0 aromatic rings. The molecule has 112 valence electrons. The molecule has 0 spiro atoms. The van der Waals surface area contributed by atoms with Crippen molar-refractivity contribution in [3.05, 3.63) is 0 Å². The third kappa shape index (κ3) is 2.79. The largest absolute Gasteiger partial charge is 0.337 e. The highest BCUT2D eigenvalue weighted by molar-refractivity contribution is 7.92. The Morgan fingerprint density at radius 1 is 1.32 bits per heavy atom. The second kappa shape index (κ2) is 5.79. The lowest BCUT2D eigenvalue weighted by Gasteiger charge is -2.43. The number of nitrogens with two attached hydrogens (primary N) is 1. The van der Waals surface area contributed by atoms with Crippen molar-refractivity contribution in [3.63, 3.8) is 0 Å². The average molecular weight is 290 g/mol. The topological polar surface area (TPSA) is 80.5 Å². The molecule has 0 saturated carbocycles. The molecule has 0 aromatic carbocycles. The predicted molar refractivity (Wildman–Crippen MR) is 76.5 cm³/mol. The van der Waals surface area contributed by atoms with Gasteiger partial charge in [-0.3, -0.25) is 4.79 Å². The molecular weight excluding hydrogens is 264 g/mol. The van der Waals surface area contributed by atoms with Gasteiger partial charge < -0.3 is 10.6 Å². The van der Waals surface area contributed by atoms with Crippen molar-refractivity contribution in [2.45, 2.75) is 51.8 Å². The molecule has 0 aliphatic carbocycles. The Kier molecular flexibility index (Phi) is 5.01. The maximum atomic E-state index is 12.7. The minimum atomic E-state index is -3.07. The third-order valence-electron chi connectivity index (χ3n) is 4.81. The number of sulfone groups is 1. The van der Waals surface area contributed by atoms with Crippen LogP contribution in [0, 0.1) is 5.41 Å². The van der Waals surface area contributed by atoms with E-state index in [-0.39, 0.29) is 24.2 Å². The number of carbonyl (C=O) groups is 1. The van der Waals surface area contributed by atoms with Crippen LogP contribution in [0.3, 0.4) is 0 Å². The van der Waals surface area contributed by atoms with E-state index in [0.29, 0.717) is 19.4 Å². The number of nitrogens with zero attached hydrogens (tertiary/aromatic N) is 1. The summed E-state index contributed by atoms with van der Waals surface area (Å²) in [6, 6.07) is -0.282. The molecule has 6 heteroatoms. The number of carbonyl (C=O) groups excluding carboxylic acids is 1. The van der Waals surface area contributed by atoms with E-state index in [1.807, 2.05) is 20.8 Å². The highest BCUT2D eigenvalue weighted by Crippen LogP contribution is 2.31. The second-order valence-electron chi connectivity index (χ2n) is 5.50. The first-order valence-corrected chi connectivity index (χ1v) is 8.70. The van der Waals surface area contributed by atoms with Crippen molar-refractivity contribution >= 4 is 15.7 Å². The lowest BCUT2D eigenvalue weighted by molar-refractivity contribution is -0.144. The lowest BCUT2D eigenvalue weighted by atomic mass is 9.80. The van der Waals surface area contributed by atoms with E-state index in [4.69, 9.17) is 5.73 Å². The third-order valence-corrected chi connectivity index (χ3v) is 7.09. The summed E-state index contributed by atoms with van der Waals surface area (Å²) in [6.07, 6.45) is 1.37. The van der Waals surface area contributed by atoms with Crippen LogP contribution in [0.1, 0.15) is 40.5 Å². The van der Waals surface area contributed by atoms with E-state index in [1.165, 1.54) is 0 Å². The summed E-state index contributed by atoms with van der Waals surface area (Å²) in [7, 11) is -3.07. The van der Waals surface area contributed by atoms with Gasteiger partial charge in [0.15, 0.2) is 9.84 Å². The highest BCUT2D eigenvalue weighted by Gasteiger charge is 2.44. The van der Waals surface area contributed by atoms with E-state index in [9.17, 15) is 13.2 Å². The van der Waals surface area contributed by atoms with Gasteiger partial charge in [-0.2, -0.15) is 0 Å². The monoisotopic (exact) mass is 290 g/mol. The molecule has 5 nitrogen and oxygen atoms in total. The van der Waals surface area contributed by atoms with Crippen LogP contribution in [-0.2, 0) is 14.6 Å². The molecule has 1 aliphatic rings. The Bertz CT molecular complexity index is 421. The summed E-state index contributed by atoms with van der Waals surface area (Å²) in [4.78, 5) is 14.4. The summed E-state index contributed by atoms with van der Waals surface area (Å²) in [5.41, 5.74) is 5.26. The van der Waals surface area contributed by atoms with Crippen molar-refractivity contribution in [3.8, 4) is 0 Å². The molecule has 1 saturated heterocycles. The summed E-state index contributed by atoms with van der Waals surface area (Å²) < 4.78 is 23.7. The normalized spacial score (nSPS) is 27.3. The predicted octanol–water partition coefficient (Wildman–Crippen LogP) is 0.786. The quantitative estimate of drug-likeness (QED) is 0.830. The molecule has 1 aliphatic heterocycles. The van der Waals surface area contributed by atoms with Crippen molar-refractivity contribution in [2.75, 3.05) is 18.8 Å². The van der Waals surface area contributed by atoms with Crippen LogP contribution < -0.4 is 5.73 Å². The highest BCUT2D eigenvalue weighted by atomic mass is 32.2. The van der Waals surface area contributed by atoms with E-state index in [1.54, 1.807) is 11.8 Å². The van der Waals surface area contributed by atoms with E-state index in [2.05, 4.69) is 0 Å². The van der Waals surface area contributed by atoms with Gasteiger partial charge in [-0.05, 0) is 26.7 Å². The Morgan fingerprint density at radius 3 is 2.26 bits per heavy atom. The maximum absolute atomic E-state index is 12.7. The standard InChI is InChI=1S/C13H26N2O3S/c1-5-13(6-2,9-14)12(16)15-7-8-19(17,18)11(4)10(15)3/h10-11H,5-9,14H2,1-4H3. The zero-order chi connectivity index (χ0) is 14.8. The fourth-order valence-electron chi connectivity index (χ4n) is 2.69. The fraction of sp³-hybridized carbons (Fsp3) is 0.923. The molecular formula is C13H26N2O3S. The Balaban J connectivity index is 3.01. The summed E-state index contributed by atoms with van der Waals surface area (Å²) in [5.74, 6) is 0.0625. The Hall–Kier alpha value is -0.620. The van der Waals surface area contributed by atoms with Gasteiger partial charge in [0.05, 0.1) is 16.4 Å². The zero-order valence-corrected chi connectivity index (χ0v) is 13.2. The van der Waals surface area contributed by atoms with Gasteiger partial charge in [0.1, 0.15) is 0 Å². The van der Waals surface area contributed by atoms with E-state index >= 15 is 0 Å². The number of hydrogen-bond acceptors (Lipinski definition) is 4. The summed E-state index contributed by atoms with van der Waals surface area (Å²) >= 11 is 0. The molecule has 1 amide bonds. The molecule has 2 unspecified atom stereocenters. The Labute approximate surface area is 116 Å². The molecule has 1 rings (SSSR count). The van der Waals surface area contributed by atoms with Crippen LogP contribution in [0.4, 0.5) is 0 Å². The molecule has 1 heterocycles. The number of hydrogen-bond donors (Lipinski definition) is 1. The number of amides is 1. The lowest BCUT2D eigenvalue weighted by Crippen LogP contribution is -2.59. The van der Waals surface area contributed by atoms with Gasteiger partial charge in [0.2, 0.25) is 5.91 Å². The van der Waals surface area contributed by atoms with Crippen LogP contribution in [0.5, 0.6) is 0 Å². The van der Waals surface area contributed by atoms with Crippen LogP contribution >= 0.6 is 0 Å². The van der Waals surface area contributed by atoms with Crippen molar-refractivity contribution < 1.29 is 13.2 Å². The number of rotatable bonds is 4. The molecule has 2 atom stereocenters. The second-order valence-corrected chi connectivity index (χ2v) is 7.98. The molecule has 1 fully saturated rings. The van der Waals surface area contributed by atoms with Crippen molar-refractivity contribution in [2.24, 2.45) is 11.1 Å². The van der Waals surface area contributed by atoms with Crippen LogP contribution in [0.2, 0.25) is 0 Å². The maximum Gasteiger partial charge on any atom is 0.230 e. The van der Waals surface area contributed by atoms with Crippen LogP contribution in [0.15, 0.2) is 0 Å². The van der Waals surface area contributed by atoms with Gasteiger partial charge in [0, 0.05) is 19.1 Å². The van der Waals surface area contributed by atoms with E-state index < -0.39 is 20.5 Å². The summed E-state index contributed by atoms with van der Waals surface area (Å²) in [6.45, 7) is 8.01. The SMILES string of the molecule is CCC(CC)(CN)C(=O)N1CCS(=O)(=O)C(C)C1C.